The Morgan fingerprint density at radius 1 is 0.697 bits per heavy atom. The summed E-state index contributed by atoms with van der Waals surface area (Å²) in [6.45, 7) is 15.7. The third-order valence-electron chi connectivity index (χ3n) is 4.02. The molecule has 0 amide bonds. The molecule has 190 valence electrons. The Balaban J connectivity index is 3.99. The first kappa shape index (κ1) is 29.9. The van der Waals surface area contributed by atoms with Gasteiger partial charge >= 0.3 is 15.2 Å². The van der Waals surface area contributed by atoms with Crippen molar-refractivity contribution in [1.82, 2.24) is 0 Å². The summed E-state index contributed by atoms with van der Waals surface area (Å²) in [5, 5.41) is -0.157. The van der Waals surface area contributed by atoms with Crippen molar-refractivity contribution in [2.75, 3.05) is 14.2 Å². The molecule has 0 unspecified atom stereocenters. The highest BCUT2D eigenvalue weighted by atomic mass is 31.2. The average Bonchev–Trinajstić information content (AvgIpc) is 2.63. The predicted octanol–water partition coefficient (Wildman–Crippen LogP) is 7.40. The number of ether oxygens (including phenoxy) is 2. The third kappa shape index (κ3) is 8.54. The van der Waals surface area contributed by atoms with Gasteiger partial charge in [0.15, 0.2) is 16.6 Å². The van der Waals surface area contributed by atoms with E-state index in [0.29, 0.717) is 17.1 Å². The Kier molecular flexibility index (Phi) is 11.4. The molecule has 0 aliphatic heterocycles. The van der Waals surface area contributed by atoms with E-state index in [4.69, 9.17) is 27.6 Å². The molecule has 0 aromatic heterocycles. The summed E-state index contributed by atoms with van der Waals surface area (Å²) in [5.41, 5.74) is 1.36. The fourth-order valence-electron chi connectivity index (χ4n) is 2.97. The Labute approximate surface area is 199 Å². The summed E-state index contributed by atoms with van der Waals surface area (Å²) in [6, 6.07) is 3.48. The summed E-state index contributed by atoms with van der Waals surface area (Å²) < 4.78 is 62.5. The zero-order valence-electron chi connectivity index (χ0n) is 21.7. The van der Waals surface area contributed by atoms with E-state index >= 15 is 0 Å². The van der Waals surface area contributed by atoms with Gasteiger partial charge in [-0.3, -0.25) is 9.13 Å². The molecule has 0 aliphatic carbocycles. The van der Waals surface area contributed by atoms with Crippen molar-refractivity contribution in [2.45, 2.75) is 86.7 Å². The minimum atomic E-state index is -4.13. The fraction of sp³-hybridized carbons (Fsp3) is 0.652. The molecular weight excluding hydrogens is 466 g/mol. The largest absolute Gasteiger partial charge is 0.493 e. The highest BCUT2D eigenvalue weighted by molar-refractivity contribution is 7.79. The van der Waals surface area contributed by atoms with Gasteiger partial charge in [0.2, 0.25) is 0 Å². The van der Waals surface area contributed by atoms with Crippen LogP contribution in [0.25, 0.3) is 6.08 Å². The van der Waals surface area contributed by atoms with Gasteiger partial charge in [-0.15, -0.1) is 0 Å². The lowest BCUT2D eigenvalue weighted by Gasteiger charge is -2.31. The van der Waals surface area contributed by atoms with Gasteiger partial charge in [0.1, 0.15) is 0 Å². The van der Waals surface area contributed by atoms with Crippen molar-refractivity contribution in [3.63, 3.8) is 0 Å². The van der Waals surface area contributed by atoms with Crippen LogP contribution in [0.15, 0.2) is 17.2 Å². The molecule has 0 fully saturated rings. The number of hydrogen-bond acceptors (Lipinski definition) is 8. The Morgan fingerprint density at radius 3 is 1.33 bits per heavy atom. The molecule has 0 N–H and O–H groups in total. The van der Waals surface area contributed by atoms with E-state index in [2.05, 4.69) is 0 Å². The van der Waals surface area contributed by atoms with Gasteiger partial charge in [0.25, 0.3) is 0 Å². The smallest absolute Gasteiger partial charge is 0.370 e. The molecule has 0 bridgehead atoms. The van der Waals surface area contributed by atoms with Crippen LogP contribution < -0.4 is 9.47 Å². The molecule has 33 heavy (non-hydrogen) atoms. The number of rotatable bonds is 13. The van der Waals surface area contributed by atoms with Crippen LogP contribution in [0.1, 0.15) is 66.5 Å². The molecule has 0 saturated carbocycles. The number of methoxy groups -OCH3 is 2. The van der Waals surface area contributed by atoms with Gasteiger partial charge in [0, 0.05) is 0 Å². The molecule has 0 aliphatic rings. The molecule has 0 atom stereocenters. The monoisotopic (exact) mass is 506 g/mol. The molecule has 1 aromatic rings. The van der Waals surface area contributed by atoms with Crippen molar-refractivity contribution in [2.24, 2.45) is 0 Å². The standard InChI is InChI=1S/C23H40O8P2/c1-15(2)28-32(24,29-16(3)4)23(33(25,30-17(5)6)31-18(7)8)14-20-13-22(27-11)21(26-10)12-19(20)9/h12-18H,1-11H3. The minimum absolute atomic E-state index is 0.157. The lowest BCUT2D eigenvalue weighted by atomic mass is 10.1. The number of hydrogen-bond donors (Lipinski definition) is 0. The summed E-state index contributed by atoms with van der Waals surface area (Å²) in [6.07, 6.45) is -0.395. The normalized spacial score (nSPS) is 12.7. The summed E-state index contributed by atoms with van der Waals surface area (Å²) in [5.74, 6) is 0.997. The number of benzene rings is 1. The van der Waals surface area contributed by atoms with Crippen LogP contribution in [-0.4, -0.2) is 38.6 Å². The average molecular weight is 507 g/mol. The van der Waals surface area contributed by atoms with E-state index in [1.54, 1.807) is 74.6 Å². The van der Waals surface area contributed by atoms with Crippen LogP contribution in [0.4, 0.5) is 0 Å². The zero-order valence-corrected chi connectivity index (χ0v) is 23.5. The van der Waals surface area contributed by atoms with Crippen LogP contribution in [-0.2, 0) is 27.2 Å². The summed E-state index contributed by atoms with van der Waals surface area (Å²) >= 11 is 0. The van der Waals surface area contributed by atoms with E-state index in [1.165, 1.54) is 13.2 Å². The van der Waals surface area contributed by atoms with Crippen LogP contribution >= 0.6 is 15.2 Å². The maximum Gasteiger partial charge on any atom is 0.370 e. The molecule has 10 heteroatoms. The third-order valence-corrected chi connectivity index (χ3v) is 9.66. The zero-order chi connectivity index (χ0) is 25.6. The van der Waals surface area contributed by atoms with Crippen molar-refractivity contribution in [1.29, 1.82) is 0 Å². The molecule has 8 nitrogen and oxygen atoms in total. The fourth-order valence-corrected chi connectivity index (χ4v) is 8.09. The Hall–Kier alpha value is -1.14. The maximum absolute atomic E-state index is 14.2. The van der Waals surface area contributed by atoms with Gasteiger partial charge < -0.3 is 27.6 Å². The quantitative estimate of drug-likeness (QED) is 0.256. The van der Waals surface area contributed by atoms with E-state index < -0.39 is 39.6 Å². The summed E-state index contributed by atoms with van der Waals surface area (Å²) in [7, 11) is -5.19. The SMILES string of the molecule is COc1cc(C)c(C=C(P(=O)(OC(C)C)OC(C)C)P(=O)(OC(C)C)OC(C)C)cc1OC. The van der Waals surface area contributed by atoms with Crippen LogP contribution in [0.5, 0.6) is 11.5 Å². The van der Waals surface area contributed by atoms with Crippen LogP contribution in [0.3, 0.4) is 0 Å². The Bertz CT molecular complexity index is 838. The van der Waals surface area contributed by atoms with Gasteiger partial charge in [-0.2, -0.15) is 0 Å². The van der Waals surface area contributed by atoms with E-state index in [0.717, 1.165) is 5.56 Å². The van der Waals surface area contributed by atoms with E-state index in [-0.39, 0.29) is 5.06 Å². The first-order chi connectivity index (χ1) is 15.2. The Morgan fingerprint density at radius 2 is 1.03 bits per heavy atom. The van der Waals surface area contributed by atoms with Crippen molar-refractivity contribution < 1.29 is 36.7 Å². The van der Waals surface area contributed by atoms with Crippen LogP contribution in [0, 0.1) is 6.92 Å². The van der Waals surface area contributed by atoms with Crippen molar-refractivity contribution >= 4 is 21.3 Å². The molecule has 0 heterocycles. The van der Waals surface area contributed by atoms with E-state index in [9.17, 15) is 9.13 Å². The van der Waals surface area contributed by atoms with E-state index in [1.807, 2.05) is 6.92 Å². The molecule has 1 rings (SSSR count). The predicted molar refractivity (Wildman–Crippen MR) is 132 cm³/mol. The molecule has 1 aromatic carbocycles. The second-order valence-corrected chi connectivity index (χ2v) is 12.8. The highest BCUT2D eigenvalue weighted by Gasteiger charge is 2.48. The maximum atomic E-state index is 14.2. The first-order valence-electron chi connectivity index (χ1n) is 11.1. The van der Waals surface area contributed by atoms with Gasteiger partial charge in [-0.25, -0.2) is 0 Å². The highest BCUT2D eigenvalue weighted by Crippen LogP contribution is 2.75. The molecule has 0 radical (unpaired) electrons. The lowest BCUT2D eigenvalue weighted by Crippen LogP contribution is -2.14. The topological polar surface area (TPSA) is 89.5 Å². The minimum Gasteiger partial charge on any atom is -0.493 e. The summed E-state index contributed by atoms with van der Waals surface area (Å²) in [4.78, 5) is 0. The lowest BCUT2D eigenvalue weighted by molar-refractivity contribution is 0.138. The first-order valence-corrected chi connectivity index (χ1v) is 14.1. The molecule has 0 saturated heterocycles. The number of aryl methyl sites for hydroxylation is 1. The van der Waals surface area contributed by atoms with Crippen LogP contribution in [0.2, 0.25) is 0 Å². The van der Waals surface area contributed by atoms with Gasteiger partial charge in [0.05, 0.1) is 38.6 Å². The second-order valence-electron chi connectivity index (χ2n) is 8.68. The van der Waals surface area contributed by atoms with Crippen molar-refractivity contribution in [3.05, 3.63) is 28.3 Å². The molecule has 0 spiro atoms. The van der Waals surface area contributed by atoms with Gasteiger partial charge in [-0.05, 0) is 91.6 Å². The second kappa shape index (κ2) is 12.5. The van der Waals surface area contributed by atoms with Crippen molar-refractivity contribution in [3.8, 4) is 11.5 Å². The van der Waals surface area contributed by atoms with Gasteiger partial charge in [-0.1, -0.05) is 0 Å². The molecular formula is C23H40O8P2.